The summed E-state index contributed by atoms with van der Waals surface area (Å²) in [6.45, 7) is 6.14. The minimum atomic E-state index is 0. The Balaban J connectivity index is -0.0000000322. The van der Waals surface area contributed by atoms with Gasteiger partial charge >= 0.3 is 103 Å². The average Bonchev–Trinajstić information content (AvgIpc) is 2.09. The molecule has 0 radical (unpaired) electrons. The Morgan fingerprint density at radius 2 is 1.00 bits per heavy atom. The summed E-state index contributed by atoms with van der Waals surface area (Å²) in [6, 6.07) is 0. The summed E-state index contributed by atoms with van der Waals surface area (Å²) in [4.78, 5) is 0. The van der Waals surface area contributed by atoms with Gasteiger partial charge in [0, 0.05) is 6.61 Å². The van der Waals surface area contributed by atoms with Crippen molar-refractivity contribution in [1.82, 2.24) is 0 Å². The molecule has 0 saturated carbocycles. The van der Waals surface area contributed by atoms with E-state index in [4.69, 9.17) is 5.11 Å². The summed E-state index contributed by atoms with van der Waals surface area (Å²) < 4.78 is 0. The Kier molecular flexibility index (Phi) is 89.4. The van der Waals surface area contributed by atoms with Crippen molar-refractivity contribution in [3.05, 3.63) is 0 Å². The van der Waals surface area contributed by atoms with Crippen molar-refractivity contribution in [2.24, 2.45) is 0 Å². The van der Waals surface area contributed by atoms with Gasteiger partial charge in [-0.05, 0) is 6.92 Å². The molecule has 0 aliphatic rings. The molecular weight excluding hydrogens is 246 g/mol. The van der Waals surface area contributed by atoms with Crippen LogP contribution in [0.5, 0.6) is 0 Å². The van der Waals surface area contributed by atoms with Gasteiger partial charge in [-0.25, -0.2) is 0 Å². The van der Waals surface area contributed by atoms with E-state index in [0.717, 1.165) is 25.7 Å². The van der Waals surface area contributed by atoms with Crippen LogP contribution < -0.4 is 113 Å². The zero-order chi connectivity index (χ0) is 10.9. The first-order valence-corrected chi connectivity index (χ1v) is 5.01. The number of hydrogen-bond acceptors (Lipinski definition) is 3. The number of hydrogen-bond donors (Lipinski definition) is 1. The third kappa shape index (κ3) is 77.0. The van der Waals surface area contributed by atoms with Gasteiger partial charge in [-0.15, -0.1) is 13.2 Å². The number of rotatable bonds is 4. The van der Waals surface area contributed by atoms with E-state index < -0.39 is 0 Å². The number of unbranched alkanes of at least 4 members (excludes halogenated alkanes) is 2. The molecule has 0 saturated heterocycles. The van der Waals surface area contributed by atoms with Gasteiger partial charge in [0.15, 0.2) is 0 Å². The van der Waals surface area contributed by atoms with Crippen LogP contribution in [0.25, 0.3) is 0 Å². The predicted octanol–water partition coefficient (Wildman–Crippen LogP) is -5.70. The molecule has 0 aromatic heterocycles. The standard InChI is InChI=1S/2C4H9O.C2H6O.2K/c2*1-2-3-4-5;1-2-3;;/h2*2-4H2,1H3;3H,2H2,1H3;;/q2*-1;;2*+1. The van der Waals surface area contributed by atoms with Crippen molar-refractivity contribution < 1.29 is 118 Å². The number of aliphatic hydroxyl groups excluding tert-OH is 1. The summed E-state index contributed by atoms with van der Waals surface area (Å²) in [6.07, 6.45) is 3.73. The quantitative estimate of drug-likeness (QED) is 0.518. The maximum Gasteiger partial charge on any atom is 1.00 e. The minimum Gasteiger partial charge on any atom is -0.854 e. The Morgan fingerprint density at radius 1 is 0.800 bits per heavy atom. The summed E-state index contributed by atoms with van der Waals surface area (Å²) in [5, 5.41) is 26.6. The van der Waals surface area contributed by atoms with Gasteiger partial charge in [-0.3, -0.25) is 0 Å². The Hall–Kier alpha value is 3.15. The molecule has 5 heteroatoms. The van der Waals surface area contributed by atoms with Gasteiger partial charge in [0.05, 0.1) is 0 Å². The van der Waals surface area contributed by atoms with Crippen LogP contribution in [0.1, 0.15) is 46.5 Å². The van der Waals surface area contributed by atoms with E-state index >= 15 is 0 Å². The van der Waals surface area contributed by atoms with Crippen molar-refractivity contribution in [3.63, 3.8) is 0 Å². The molecule has 0 rings (SSSR count). The van der Waals surface area contributed by atoms with Gasteiger partial charge in [0.2, 0.25) is 0 Å². The Morgan fingerprint density at radius 3 is 1.00 bits per heavy atom. The topological polar surface area (TPSA) is 66.3 Å². The van der Waals surface area contributed by atoms with Crippen molar-refractivity contribution in [3.8, 4) is 0 Å². The van der Waals surface area contributed by atoms with E-state index in [-0.39, 0.29) is 123 Å². The first-order valence-electron chi connectivity index (χ1n) is 5.01. The summed E-state index contributed by atoms with van der Waals surface area (Å²) >= 11 is 0. The van der Waals surface area contributed by atoms with Crippen LogP contribution in [0, 0.1) is 0 Å². The van der Waals surface area contributed by atoms with Crippen molar-refractivity contribution in [2.75, 3.05) is 19.8 Å². The third-order valence-electron chi connectivity index (χ3n) is 0.996. The van der Waals surface area contributed by atoms with Crippen LogP contribution >= 0.6 is 0 Å². The van der Waals surface area contributed by atoms with E-state index in [1.165, 1.54) is 0 Å². The summed E-state index contributed by atoms with van der Waals surface area (Å²) in [5.74, 6) is 0. The fourth-order valence-corrected chi connectivity index (χ4v) is 0.289. The minimum absolute atomic E-state index is 0. The molecular formula is C10H24K2O3. The zero-order valence-electron chi connectivity index (χ0n) is 11.2. The maximum atomic E-state index is 9.53. The molecule has 3 nitrogen and oxygen atoms in total. The molecule has 0 aliphatic carbocycles. The number of aliphatic hydroxyl groups is 1. The third-order valence-corrected chi connectivity index (χ3v) is 0.996. The van der Waals surface area contributed by atoms with Crippen LogP contribution in [-0.4, -0.2) is 24.9 Å². The normalized spacial score (nSPS) is 6.80. The Bertz CT molecular complexity index is 47.9. The van der Waals surface area contributed by atoms with Crippen LogP contribution in [0.3, 0.4) is 0 Å². The van der Waals surface area contributed by atoms with E-state index in [2.05, 4.69) is 0 Å². The largest absolute Gasteiger partial charge is 1.00 e. The van der Waals surface area contributed by atoms with Gasteiger partial charge in [0.25, 0.3) is 0 Å². The molecule has 0 bridgehead atoms. The molecule has 0 unspecified atom stereocenters. The second-order valence-electron chi connectivity index (χ2n) is 2.43. The monoisotopic (exact) mass is 270 g/mol. The molecule has 0 atom stereocenters. The average molecular weight is 270 g/mol. The van der Waals surface area contributed by atoms with Gasteiger partial charge in [-0.2, -0.15) is 0 Å². The van der Waals surface area contributed by atoms with Gasteiger partial charge < -0.3 is 15.3 Å². The molecule has 0 spiro atoms. The van der Waals surface area contributed by atoms with Crippen molar-refractivity contribution >= 4 is 0 Å². The van der Waals surface area contributed by atoms with E-state index in [0.29, 0.717) is 0 Å². The van der Waals surface area contributed by atoms with E-state index in [1.54, 1.807) is 6.92 Å². The van der Waals surface area contributed by atoms with Crippen LogP contribution in [0.15, 0.2) is 0 Å². The SMILES string of the molecule is CCCC[O-].CCCC[O-].CCO.[K+].[K+]. The van der Waals surface area contributed by atoms with Gasteiger partial charge in [-0.1, -0.05) is 39.5 Å². The molecule has 0 fully saturated rings. The van der Waals surface area contributed by atoms with Gasteiger partial charge in [0.1, 0.15) is 0 Å². The summed E-state index contributed by atoms with van der Waals surface area (Å²) in [5.41, 5.74) is 0. The van der Waals surface area contributed by atoms with Crippen LogP contribution in [-0.2, 0) is 0 Å². The van der Waals surface area contributed by atoms with Crippen LogP contribution in [0.2, 0.25) is 0 Å². The first kappa shape index (κ1) is 30.9. The van der Waals surface area contributed by atoms with Crippen molar-refractivity contribution in [2.45, 2.75) is 46.5 Å². The summed E-state index contributed by atoms with van der Waals surface area (Å²) in [7, 11) is 0. The first-order chi connectivity index (χ1) is 6.24. The molecule has 0 heterocycles. The maximum absolute atomic E-state index is 9.53. The van der Waals surface area contributed by atoms with Crippen molar-refractivity contribution in [1.29, 1.82) is 0 Å². The smallest absolute Gasteiger partial charge is 0.854 e. The molecule has 15 heavy (non-hydrogen) atoms. The molecule has 0 aromatic carbocycles. The zero-order valence-corrected chi connectivity index (χ0v) is 17.5. The molecule has 0 amide bonds. The van der Waals surface area contributed by atoms with E-state index in [1.807, 2.05) is 13.8 Å². The molecule has 1 N–H and O–H groups in total. The second-order valence-corrected chi connectivity index (χ2v) is 2.43. The van der Waals surface area contributed by atoms with Crippen LogP contribution in [0.4, 0.5) is 0 Å². The second kappa shape index (κ2) is 43.4. The Labute approximate surface area is 180 Å². The molecule has 0 aliphatic heterocycles. The van der Waals surface area contributed by atoms with E-state index in [9.17, 15) is 10.2 Å². The predicted molar refractivity (Wildman–Crippen MR) is 52.3 cm³/mol. The molecule has 84 valence electrons. The fraction of sp³-hybridized carbons (Fsp3) is 1.00. The molecule has 0 aromatic rings. The fourth-order valence-electron chi connectivity index (χ4n) is 0.289.